The van der Waals surface area contributed by atoms with E-state index in [9.17, 15) is 13.2 Å². The third-order valence-electron chi connectivity index (χ3n) is 8.33. The fraction of sp³-hybridized carbons (Fsp3) is 0.257. The van der Waals surface area contributed by atoms with Gasteiger partial charge in [0.1, 0.15) is 5.65 Å². The highest BCUT2D eigenvalue weighted by molar-refractivity contribution is 7.88. The average Bonchev–Trinajstić information content (AvgIpc) is 3.40. The quantitative estimate of drug-likeness (QED) is 0.210. The summed E-state index contributed by atoms with van der Waals surface area (Å²) in [4.78, 5) is 19.5. The Kier molecular flexibility index (Phi) is 8.35. The highest BCUT2D eigenvalue weighted by atomic mass is 32.2. The van der Waals surface area contributed by atoms with Crippen LogP contribution in [-0.4, -0.2) is 66.3 Å². The summed E-state index contributed by atoms with van der Waals surface area (Å²) in [6.45, 7) is 6.76. The van der Waals surface area contributed by atoms with Crippen LogP contribution in [0.15, 0.2) is 91.1 Å². The van der Waals surface area contributed by atoms with E-state index in [1.54, 1.807) is 24.3 Å². The Balaban J connectivity index is 1.26. The Morgan fingerprint density at radius 3 is 2.34 bits per heavy atom. The van der Waals surface area contributed by atoms with Crippen molar-refractivity contribution >= 4 is 21.6 Å². The number of benzene rings is 3. The van der Waals surface area contributed by atoms with Crippen molar-refractivity contribution in [2.45, 2.75) is 26.1 Å². The number of aromatic nitrogens is 2. The van der Waals surface area contributed by atoms with Gasteiger partial charge in [0, 0.05) is 44.5 Å². The largest absolute Gasteiger partial charge is 0.465 e. The second-order valence-corrected chi connectivity index (χ2v) is 13.3. The number of nitrogens with zero attached hydrogens (tertiary/aromatic N) is 4. The molecule has 3 heterocycles. The summed E-state index contributed by atoms with van der Waals surface area (Å²) in [7, 11) is -2.34. The maximum Gasteiger partial charge on any atom is 0.338 e. The van der Waals surface area contributed by atoms with E-state index in [0.29, 0.717) is 38.3 Å². The molecular formula is C35H36N4O4S. The molecule has 0 aliphatic carbocycles. The van der Waals surface area contributed by atoms with E-state index < -0.39 is 16.0 Å². The molecular weight excluding hydrogens is 572 g/mol. The van der Waals surface area contributed by atoms with Crippen LogP contribution >= 0.6 is 0 Å². The van der Waals surface area contributed by atoms with Gasteiger partial charge in [-0.3, -0.25) is 4.90 Å². The molecule has 3 aromatic carbocycles. The third kappa shape index (κ3) is 6.04. The zero-order valence-electron chi connectivity index (χ0n) is 25.2. The van der Waals surface area contributed by atoms with Gasteiger partial charge in [-0.05, 0) is 54.3 Å². The van der Waals surface area contributed by atoms with Gasteiger partial charge >= 0.3 is 5.97 Å². The predicted octanol–water partition coefficient (Wildman–Crippen LogP) is 5.72. The third-order valence-corrected chi connectivity index (χ3v) is 10.2. The lowest BCUT2D eigenvalue weighted by molar-refractivity contribution is 0.0600. The Labute approximate surface area is 258 Å². The van der Waals surface area contributed by atoms with Gasteiger partial charge < -0.3 is 9.14 Å². The number of esters is 1. The number of sulfonamides is 1. The lowest BCUT2D eigenvalue weighted by Gasteiger charge is -2.34. The molecule has 5 aromatic rings. The van der Waals surface area contributed by atoms with Crippen molar-refractivity contribution in [2.75, 3.05) is 33.3 Å². The van der Waals surface area contributed by atoms with Crippen LogP contribution in [0.5, 0.6) is 0 Å². The van der Waals surface area contributed by atoms with Crippen LogP contribution in [0.4, 0.5) is 0 Å². The molecule has 1 aliphatic heterocycles. The van der Waals surface area contributed by atoms with Crippen LogP contribution in [0.3, 0.4) is 0 Å². The van der Waals surface area contributed by atoms with Crippen LogP contribution in [0.1, 0.15) is 32.7 Å². The molecule has 0 amide bonds. The summed E-state index contributed by atoms with van der Waals surface area (Å²) >= 11 is 0. The number of hydrogen-bond acceptors (Lipinski definition) is 6. The van der Waals surface area contributed by atoms with Crippen LogP contribution in [0, 0.1) is 13.8 Å². The van der Waals surface area contributed by atoms with Crippen molar-refractivity contribution < 1.29 is 17.9 Å². The van der Waals surface area contributed by atoms with Gasteiger partial charge in [-0.15, -0.1) is 0 Å². The van der Waals surface area contributed by atoms with E-state index in [2.05, 4.69) is 71.8 Å². The van der Waals surface area contributed by atoms with E-state index in [0.717, 1.165) is 28.2 Å². The predicted molar refractivity (Wildman–Crippen MR) is 173 cm³/mol. The molecule has 0 atom stereocenters. The molecule has 0 saturated carbocycles. The highest BCUT2D eigenvalue weighted by Crippen LogP contribution is 2.30. The lowest BCUT2D eigenvalue weighted by Crippen LogP contribution is -2.48. The van der Waals surface area contributed by atoms with Gasteiger partial charge in [0.15, 0.2) is 0 Å². The molecule has 0 radical (unpaired) electrons. The normalized spacial score (nSPS) is 14.6. The molecule has 0 bridgehead atoms. The van der Waals surface area contributed by atoms with Gasteiger partial charge in [0.25, 0.3) is 0 Å². The van der Waals surface area contributed by atoms with Crippen molar-refractivity contribution in [2.24, 2.45) is 0 Å². The van der Waals surface area contributed by atoms with Crippen LogP contribution in [0.25, 0.3) is 28.0 Å². The molecule has 9 heteroatoms. The molecule has 2 aromatic heterocycles. The van der Waals surface area contributed by atoms with E-state index in [4.69, 9.17) is 9.72 Å². The first-order valence-corrected chi connectivity index (χ1v) is 16.3. The Hall–Kier alpha value is -4.31. The van der Waals surface area contributed by atoms with Crippen molar-refractivity contribution in [3.63, 3.8) is 0 Å². The number of carbonyl (C=O) groups excluding carboxylic acids is 1. The van der Waals surface area contributed by atoms with Crippen molar-refractivity contribution in [3.05, 3.63) is 119 Å². The minimum Gasteiger partial charge on any atom is -0.465 e. The minimum atomic E-state index is -3.63. The molecule has 0 unspecified atom stereocenters. The summed E-state index contributed by atoms with van der Waals surface area (Å²) in [5, 5.41) is 0. The minimum absolute atomic E-state index is 0.245. The standard InChI is InChI=1S/C35H36N4O4S/c1-25-13-14-26(2)31(21-25)28-15-16-33-36-34(27-9-5-4-6-10-27)32(39(33)22-28)23-37-17-19-38(20-18-37)44(41,42)24-29-11-7-8-12-30(29)35(40)43-3/h4-16,21-22H,17-20,23-24H2,1-3H3. The van der Waals surface area contributed by atoms with Crippen molar-refractivity contribution in [3.8, 4) is 22.4 Å². The zero-order valence-corrected chi connectivity index (χ0v) is 26.0. The zero-order chi connectivity index (χ0) is 30.8. The van der Waals surface area contributed by atoms with E-state index in [1.807, 2.05) is 18.2 Å². The maximum atomic E-state index is 13.4. The molecule has 0 spiro atoms. The molecule has 1 aliphatic rings. The first-order valence-electron chi connectivity index (χ1n) is 14.7. The number of carbonyl (C=O) groups is 1. The number of ether oxygens (including phenoxy) is 1. The van der Waals surface area contributed by atoms with Crippen molar-refractivity contribution in [1.29, 1.82) is 0 Å². The monoisotopic (exact) mass is 608 g/mol. The molecule has 44 heavy (non-hydrogen) atoms. The number of piperazine rings is 1. The second kappa shape index (κ2) is 12.4. The van der Waals surface area contributed by atoms with E-state index in [1.165, 1.54) is 28.1 Å². The van der Waals surface area contributed by atoms with Gasteiger partial charge in [0.05, 0.1) is 29.8 Å². The molecule has 1 saturated heterocycles. The molecule has 226 valence electrons. The van der Waals surface area contributed by atoms with Gasteiger partial charge in [-0.2, -0.15) is 4.31 Å². The summed E-state index contributed by atoms with van der Waals surface area (Å²) in [5.74, 6) is -0.784. The number of pyridine rings is 1. The number of methoxy groups -OCH3 is 1. The maximum absolute atomic E-state index is 13.4. The Morgan fingerprint density at radius 2 is 1.59 bits per heavy atom. The van der Waals surface area contributed by atoms with Crippen LogP contribution in [-0.2, 0) is 27.1 Å². The number of hydrogen-bond donors (Lipinski definition) is 0. The summed E-state index contributed by atoms with van der Waals surface area (Å²) in [6, 6.07) is 27.6. The van der Waals surface area contributed by atoms with Crippen LogP contribution < -0.4 is 0 Å². The SMILES string of the molecule is COC(=O)c1ccccc1CS(=O)(=O)N1CCN(Cc2c(-c3ccccc3)nc3ccc(-c4cc(C)ccc4C)cn23)CC1. The van der Waals surface area contributed by atoms with Gasteiger partial charge in [-0.25, -0.2) is 18.2 Å². The fourth-order valence-electron chi connectivity index (χ4n) is 5.90. The number of aryl methyl sites for hydroxylation is 2. The van der Waals surface area contributed by atoms with Crippen molar-refractivity contribution in [1.82, 2.24) is 18.6 Å². The van der Waals surface area contributed by atoms with E-state index >= 15 is 0 Å². The first kappa shape index (κ1) is 29.7. The first-order chi connectivity index (χ1) is 21.2. The fourth-order valence-corrected chi connectivity index (χ4v) is 7.45. The average molecular weight is 609 g/mol. The van der Waals surface area contributed by atoms with Gasteiger partial charge in [-0.1, -0.05) is 72.3 Å². The molecule has 0 N–H and O–H groups in total. The molecule has 1 fully saturated rings. The summed E-state index contributed by atoms with van der Waals surface area (Å²) in [6.07, 6.45) is 2.17. The smallest absolute Gasteiger partial charge is 0.338 e. The highest BCUT2D eigenvalue weighted by Gasteiger charge is 2.29. The lowest BCUT2D eigenvalue weighted by atomic mass is 10.00. The second-order valence-electron chi connectivity index (χ2n) is 11.3. The number of fused-ring (bicyclic) bond motifs is 1. The topological polar surface area (TPSA) is 84.2 Å². The number of rotatable bonds is 8. The van der Waals surface area contributed by atoms with E-state index in [-0.39, 0.29) is 11.3 Å². The summed E-state index contributed by atoms with van der Waals surface area (Å²) in [5.41, 5.74) is 9.39. The molecule has 6 rings (SSSR count). The summed E-state index contributed by atoms with van der Waals surface area (Å²) < 4.78 is 35.4. The number of imidazole rings is 1. The Bertz CT molecular complexity index is 1930. The van der Waals surface area contributed by atoms with Gasteiger partial charge in [0.2, 0.25) is 10.0 Å². The molecule has 8 nitrogen and oxygen atoms in total. The van der Waals surface area contributed by atoms with Crippen LogP contribution in [0.2, 0.25) is 0 Å². The Morgan fingerprint density at radius 1 is 0.864 bits per heavy atom.